The highest BCUT2D eigenvalue weighted by molar-refractivity contribution is 7.18. The minimum atomic E-state index is -0.148. The molecule has 1 aliphatic carbocycles. The zero-order valence-electron chi connectivity index (χ0n) is 19.8. The predicted octanol–water partition coefficient (Wildman–Crippen LogP) is 5.16. The molecular formula is C25H32N6OS. The second-order valence-electron chi connectivity index (χ2n) is 10.6. The zero-order chi connectivity index (χ0) is 22.9. The number of nitrogens with two attached hydrogens (primary N) is 1. The number of nitrogens with zero attached hydrogens (tertiary/aromatic N) is 4. The van der Waals surface area contributed by atoms with Crippen molar-refractivity contribution in [2.75, 3.05) is 6.61 Å². The van der Waals surface area contributed by atoms with E-state index >= 15 is 0 Å². The maximum Gasteiger partial charge on any atom is 0.155 e. The smallest absolute Gasteiger partial charge is 0.155 e. The molecule has 0 spiro atoms. The van der Waals surface area contributed by atoms with Crippen LogP contribution in [0.25, 0.3) is 27.3 Å². The van der Waals surface area contributed by atoms with Crippen molar-refractivity contribution in [2.24, 2.45) is 11.7 Å². The van der Waals surface area contributed by atoms with Crippen LogP contribution in [0.5, 0.6) is 0 Å². The van der Waals surface area contributed by atoms with Gasteiger partial charge in [-0.1, -0.05) is 13.8 Å². The maximum atomic E-state index is 6.37. The molecule has 2 atom stereocenters. The van der Waals surface area contributed by atoms with Gasteiger partial charge in [0.05, 0.1) is 29.0 Å². The normalized spacial score (nSPS) is 28.1. The summed E-state index contributed by atoms with van der Waals surface area (Å²) in [6.45, 7) is 9.46. The molecule has 3 N–H and O–H groups in total. The van der Waals surface area contributed by atoms with Crippen molar-refractivity contribution in [3.63, 3.8) is 0 Å². The number of H-pyrrole nitrogens is 1. The Kier molecular flexibility index (Phi) is 4.91. The molecule has 1 saturated heterocycles. The zero-order valence-corrected chi connectivity index (χ0v) is 20.6. The van der Waals surface area contributed by atoms with Crippen molar-refractivity contribution in [2.45, 2.75) is 76.9 Å². The number of hydrogen-bond donors (Lipinski definition) is 2. The van der Waals surface area contributed by atoms with Crippen LogP contribution in [0.1, 0.15) is 74.4 Å². The van der Waals surface area contributed by atoms with Gasteiger partial charge >= 0.3 is 0 Å². The van der Waals surface area contributed by atoms with Crippen molar-refractivity contribution in [1.29, 1.82) is 0 Å². The molecule has 0 amide bonds. The number of fused-ring (bicyclic) bond motifs is 2. The second kappa shape index (κ2) is 7.61. The van der Waals surface area contributed by atoms with E-state index in [1.54, 1.807) is 6.33 Å². The van der Waals surface area contributed by atoms with Crippen LogP contribution in [-0.2, 0) is 4.74 Å². The number of aromatic nitrogens is 5. The number of thiazole rings is 1. The third-order valence-corrected chi connectivity index (χ3v) is 8.78. The van der Waals surface area contributed by atoms with Crippen LogP contribution in [0.2, 0.25) is 0 Å². The van der Waals surface area contributed by atoms with Gasteiger partial charge in [0, 0.05) is 23.2 Å². The van der Waals surface area contributed by atoms with Crippen LogP contribution in [0.3, 0.4) is 0 Å². The molecule has 2 fully saturated rings. The molecule has 0 radical (unpaired) electrons. The molecular weight excluding hydrogens is 432 g/mol. The summed E-state index contributed by atoms with van der Waals surface area (Å²) in [5, 5.41) is 5.61. The third kappa shape index (κ3) is 3.42. The summed E-state index contributed by atoms with van der Waals surface area (Å²) in [4.78, 5) is 14.4. The van der Waals surface area contributed by atoms with E-state index in [1.807, 2.05) is 15.9 Å². The number of aromatic amines is 1. The quantitative estimate of drug-likeness (QED) is 0.435. The summed E-state index contributed by atoms with van der Waals surface area (Å²) < 4.78 is 7.68. The van der Waals surface area contributed by atoms with Gasteiger partial charge in [-0.3, -0.25) is 0 Å². The van der Waals surface area contributed by atoms with Crippen molar-refractivity contribution >= 4 is 27.3 Å². The Morgan fingerprint density at radius 2 is 2.06 bits per heavy atom. The number of hydrogen-bond acceptors (Lipinski definition) is 6. The van der Waals surface area contributed by atoms with E-state index in [4.69, 9.17) is 15.5 Å². The predicted molar refractivity (Wildman–Crippen MR) is 132 cm³/mol. The molecule has 6 rings (SSSR count). The van der Waals surface area contributed by atoms with E-state index in [-0.39, 0.29) is 11.6 Å². The highest BCUT2D eigenvalue weighted by atomic mass is 32.1. The second-order valence-corrected chi connectivity index (χ2v) is 11.6. The first-order valence-corrected chi connectivity index (χ1v) is 12.9. The molecule has 4 aromatic heterocycles. The van der Waals surface area contributed by atoms with Crippen molar-refractivity contribution < 1.29 is 4.74 Å². The summed E-state index contributed by atoms with van der Waals surface area (Å²) in [5.41, 5.74) is 13.0. The van der Waals surface area contributed by atoms with Crippen LogP contribution in [-0.4, -0.2) is 42.8 Å². The van der Waals surface area contributed by atoms with Crippen LogP contribution < -0.4 is 5.73 Å². The molecule has 1 saturated carbocycles. The Balaban J connectivity index is 1.30. The highest BCUT2D eigenvalue weighted by Crippen LogP contribution is 2.45. The number of rotatable bonds is 4. The summed E-state index contributed by atoms with van der Waals surface area (Å²) in [6.07, 6.45) is 8.60. The van der Waals surface area contributed by atoms with Crippen LogP contribution in [0, 0.1) is 12.8 Å². The number of aryl methyl sites for hydroxylation is 1. The molecule has 5 heterocycles. The largest absolute Gasteiger partial charge is 0.374 e. The Bertz CT molecular complexity index is 1320. The van der Waals surface area contributed by atoms with Crippen LogP contribution in [0.15, 0.2) is 18.6 Å². The average molecular weight is 465 g/mol. The topological polar surface area (TPSA) is 94.1 Å². The Morgan fingerprint density at radius 3 is 2.73 bits per heavy atom. The molecule has 174 valence electrons. The Morgan fingerprint density at radius 1 is 1.27 bits per heavy atom. The Hall–Kier alpha value is -2.29. The van der Waals surface area contributed by atoms with E-state index < -0.39 is 0 Å². The minimum absolute atomic E-state index is 0.148. The number of nitrogens with one attached hydrogen (secondary N) is 1. The van der Waals surface area contributed by atoms with E-state index in [2.05, 4.69) is 55.0 Å². The summed E-state index contributed by atoms with van der Waals surface area (Å²) in [7, 11) is 0. The molecule has 0 bridgehead atoms. The van der Waals surface area contributed by atoms with E-state index in [1.165, 1.54) is 46.6 Å². The molecule has 1 aliphatic heterocycles. The first-order valence-electron chi connectivity index (χ1n) is 12.0. The fourth-order valence-corrected chi connectivity index (χ4v) is 7.01. The van der Waals surface area contributed by atoms with Gasteiger partial charge in [0.15, 0.2) is 5.65 Å². The van der Waals surface area contributed by atoms with E-state index in [0.717, 1.165) is 22.4 Å². The fourth-order valence-electron chi connectivity index (χ4n) is 5.86. The highest BCUT2D eigenvalue weighted by Gasteiger charge is 2.46. The molecule has 8 heteroatoms. The minimum Gasteiger partial charge on any atom is -0.374 e. The SMILES string of the molecule is Cc1cc2ncnn2cc1-c1[nH]c2sc(C3CCC(C4OCC4(C)N)CC3)nc2c1C(C)C. The van der Waals surface area contributed by atoms with Gasteiger partial charge in [-0.2, -0.15) is 5.10 Å². The molecule has 2 unspecified atom stereocenters. The monoisotopic (exact) mass is 464 g/mol. The number of pyridine rings is 1. The summed E-state index contributed by atoms with van der Waals surface area (Å²) in [5.74, 6) is 1.48. The van der Waals surface area contributed by atoms with Crippen molar-refractivity contribution in [1.82, 2.24) is 24.6 Å². The van der Waals surface area contributed by atoms with Crippen LogP contribution >= 0.6 is 11.3 Å². The Labute approximate surface area is 197 Å². The number of ether oxygens (including phenoxy) is 1. The fraction of sp³-hybridized carbons (Fsp3) is 0.560. The van der Waals surface area contributed by atoms with Gasteiger partial charge < -0.3 is 15.5 Å². The molecule has 2 aliphatic rings. The first kappa shape index (κ1) is 21.3. The van der Waals surface area contributed by atoms with Gasteiger partial charge in [-0.25, -0.2) is 14.5 Å². The van der Waals surface area contributed by atoms with Gasteiger partial charge in [0.25, 0.3) is 0 Å². The third-order valence-electron chi connectivity index (χ3n) is 7.65. The van der Waals surface area contributed by atoms with Crippen LogP contribution in [0.4, 0.5) is 0 Å². The maximum absolute atomic E-state index is 6.37. The van der Waals surface area contributed by atoms with Gasteiger partial charge in [-0.15, -0.1) is 11.3 Å². The lowest BCUT2D eigenvalue weighted by Gasteiger charge is -2.49. The molecule has 33 heavy (non-hydrogen) atoms. The van der Waals surface area contributed by atoms with E-state index in [9.17, 15) is 0 Å². The van der Waals surface area contributed by atoms with Gasteiger partial charge in [0.2, 0.25) is 0 Å². The lowest BCUT2D eigenvalue weighted by molar-refractivity contribution is -0.158. The van der Waals surface area contributed by atoms with Gasteiger partial charge in [-0.05, 0) is 63.0 Å². The molecule has 7 nitrogen and oxygen atoms in total. The van der Waals surface area contributed by atoms with Crippen molar-refractivity contribution in [3.8, 4) is 11.3 Å². The summed E-state index contributed by atoms with van der Waals surface area (Å²) >= 11 is 1.83. The lowest BCUT2D eigenvalue weighted by atomic mass is 9.72. The lowest BCUT2D eigenvalue weighted by Crippen LogP contribution is -2.65. The molecule has 0 aromatic carbocycles. The first-order chi connectivity index (χ1) is 15.8. The molecule has 4 aromatic rings. The van der Waals surface area contributed by atoms with E-state index in [0.29, 0.717) is 24.4 Å². The summed E-state index contributed by atoms with van der Waals surface area (Å²) in [6, 6.07) is 2.09. The standard InChI is InChI=1S/C25H32N6OS/c1-13(2)19-20(17-10-31-18(9-14(17)3)27-12-28-31)29-24-21(19)30-23(33-24)16-7-5-15(6-8-16)22-25(4,26)11-32-22/h9-10,12-13,15-16,22,29H,5-8,11,26H2,1-4H3. The van der Waals surface area contributed by atoms with Gasteiger partial charge in [0.1, 0.15) is 16.7 Å². The van der Waals surface area contributed by atoms with Crippen molar-refractivity contribution in [3.05, 3.63) is 34.7 Å². The average Bonchev–Trinajstić information content (AvgIpc) is 3.46.